The lowest BCUT2D eigenvalue weighted by Crippen LogP contribution is -2.27. The summed E-state index contributed by atoms with van der Waals surface area (Å²) in [5.41, 5.74) is 1.46. The summed E-state index contributed by atoms with van der Waals surface area (Å²) in [6.07, 6.45) is 1.71. The zero-order valence-corrected chi connectivity index (χ0v) is 20.7. The van der Waals surface area contributed by atoms with E-state index < -0.39 is 10.9 Å². The topological polar surface area (TPSA) is 99.0 Å². The van der Waals surface area contributed by atoms with Crippen molar-refractivity contribution in [3.05, 3.63) is 105 Å². The molecule has 0 spiro atoms. The number of nitro benzene ring substituents is 1. The van der Waals surface area contributed by atoms with Crippen LogP contribution in [-0.4, -0.2) is 32.6 Å². The van der Waals surface area contributed by atoms with Crippen molar-refractivity contribution < 1.29 is 24.0 Å². The number of amides is 1. The van der Waals surface area contributed by atoms with E-state index >= 15 is 0 Å². The van der Waals surface area contributed by atoms with E-state index in [2.05, 4.69) is 0 Å². The van der Waals surface area contributed by atoms with Gasteiger partial charge < -0.3 is 9.47 Å². The van der Waals surface area contributed by atoms with E-state index in [1.54, 1.807) is 36.1 Å². The number of hydrogen-bond donors (Lipinski definition) is 0. The molecule has 1 saturated heterocycles. The van der Waals surface area contributed by atoms with Crippen molar-refractivity contribution in [1.82, 2.24) is 4.90 Å². The van der Waals surface area contributed by atoms with Gasteiger partial charge in [0.05, 0.1) is 28.5 Å². The molecule has 1 fully saturated rings. The second-order valence-electron chi connectivity index (χ2n) is 7.59. The average molecular weight is 521 g/mol. The molecule has 3 aromatic carbocycles. The first-order chi connectivity index (χ1) is 17.4. The van der Waals surface area contributed by atoms with Crippen LogP contribution in [0.4, 0.5) is 5.69 Å². The van der Waals surface area contributed by atoms with Crippen LogP contribution < -0.4 is 9.47 Å². The highest BCUT2D eigenvalue weighted by Gasteiger charge is 2.32. The number of hydrogen-bond acceptors (Lipinski definition) is 8. The number of thiocarbonyl (C=S) groups is 1. The van der Waals surface area contributed by atoms with Crippen LogP contribution in [0.2, 0.25) is 0 Å². The standard InChI is InChI=1S/C26H20N2O6S2/c1-2-33-22-13-18(11-12-21(22)34-25(30)19-9-6-10-20(15-19)28(31)32)14-23-24(29)27(26(35)36-23)16-17-7-4-3-5-8-17/h3-15H,2,16H2,1H3/b23-14-. The van der Waals surface area contributed by atoms with Gasteiger partial charge in [-0.15, -0.1) is 0 Å². The molecule has 0 aromatic heterocycles. The Balaban J connectivity index is 1.54. The van der Waals surface area contributed by atoms with Crippen LogP contribution in [0.3, 0.4) is 0 Å². The lowest BCUT2D eigenvalue weighted by atomic mass is 10.1. The van der Waals surface area contributed by atoms with Crippen LogP contribution in [0.25, 0.3) is 6.08 Å². The van der Waals surface area contributed by atoms with Crippen LogP contribution in [0.5, 0.6) is 11.5 Å². The van der Waals surface area contributed by atoms with Crippen molar-refractivity contribution in [2.75, 3.05) is 6.61 Å². The first kappa shape index (κ1) is 25.1. The molecule has 0 N–H and O–H groups in total. The summed E-state index contributed by atoms with van der Waals surface area (Å²) in [6.45, 7) is 2.48. The molecule has 0 saturated carbocycles. The molecule has 0 bridgehead atoms. The minimum absolute atomic E-state index is 0.0396. The zero-order valence-electron chi connectivity index (χ0n) is 19.1. The maximum atomic E-state index is 13.0. The van der Waals surface area contributed by atoms with E-state index in [1.807, 2.05) is 30.3 Å². The van der Waals surface area contributed by atoms with Gasteiger partial charge in [-0.3, -0.25) is 19.8 Å². The number of nitro groups is 1. The largest absolute Gasteiger partial charge is 0.490 e. The molecule has 1 heterocycles. The Morgan fingerprint density at radius 3 is 2.58 bits per heavy atom. The van der Waals surface area contributed by atoms with Crippen molar-refractivity contribution in [2.45, 2.75) is 13.5 Å². The van der Waals surface area contributed by atoms with Gasteiger partial charge in [-0.2, -0.15) is 0 Å². The number of benzene rings is 3. The Kier molecular flexibility index (Phi) is 7.77. The molecular formula is C26H20N2O6S2. The fourth-order valence-corrected chi connectivity index (χ4v) is 4.68. The van der Waals surface area contributed by atoms with Crippen LogP contribution >= 0.6 is 24.0 Å². The molecule has 0 unspecified atom stereocenters. The van der Waals surface area contributed by atoms with Gasteiger partial charge in [0.25, 0.3) is 11.6 Å². The maximum Gasteiger partial charge on any atom is 0.343 e. The molecule has 0 radical (unpaired) electrons. The van der Waals surface area contributed by atoms with Gasteiger partial charge in [-0.25, -0.2) is 4.79 Å². The van der Waals surface area contributed by atoms with Gasteiger partial charge in [0.15, 0.2) is 11.5 Å². The predicted octanol–water partition coefficient (Wildman–Crippen LogP) is 5.61. The molecule has 1 amide bonds. The van der Waals surface area contributed by atoms with E-state index in [0.717, 1.165) is 11.6 Å². The summed E-state index contributed by atoms with van der Waals surface area (Å²) in [5.74, 6) is -0.492. The minimum Gasteiger partial charge on any atom is -0.490 e. The summed E-state index contributed by atoms with van der Waals surface area (Å²) < 4.78 is 11.6. The third-order valence-electron chi connectivity index (χ3n) is 5.12. The average Bonchev–Trinajstić information content (AvgIpc) is 3.13. The Morgan fingerprint density at radius 2 is 1.86 bits per heavy atom. The first-order valence-electron chi connectivity index (χ1n) is 10.9. The molecule has 36 heavy (non-hydrogen) atoms. The Bertz CT molecular complexity index is 1370. The molecular weight excluding hydrogens is 500 g/mol. The highest BCUT2D eigenvalue weighted by molar-refractivity contribution is 8.26. The highest BCUT2D eigenvalue weighted by atomic mass is 32.2. The third kappa shape index (κ3) is 5.78. The highest BCUT2D eigenvalue weighted by Crippen LogP contribution is 2.36. The quantitative estimate of drug-likeness (QED) is 0.0943. The molecule has 0 aliphatic carbocycles. The van der Waals surface area contributed by atoms with Gasteiger partial charge in [-0.05, 0) is 42.3 Å². The van der Waals surface area contributed by atoms with Gasteiger partial charge >= 0.3 is 5.97 Å². The number of non-ortho nitro benzene ring substituents is 1. The SMILES string of the molecule is CCOc1cc(/C=C2\SC(=S)N(Cc3ccccc3)C2=O)ccc1OC(=O)c1cccc([N+](=O)[O-])c1. The van der Waals surface area contributed by atoms with Gasteiger partial charge in [0.1, 0.15) is 4.32 Å². The van der Waals surface area contributed by atoms with Crippen LogP contribution in [-0.2, 0) is 11.3 Å². The summed E-state index contributed by atoms with van der Waals surface area (Å²) >= 11 is 6.64. The Morgan fingerprint density at radius 1 is 1.08 bits per heavy atom. The lowest BCUT2D eigenvalue weighted by Gasteiger charge is -2.14. The number of carbonyl (C=O) groups excluding carboxylic acids is 2. The summed E-state index contributed by atoms with van der Waals surface area (Å²) in [4.78, 5) is 38.0. The maximum absolute atomic E-state index is 13.0. The Hall–Kier alpha value is -4.02. The van der Waals surface area contributed by atoms with Crippen LogP contribution in [0.15, 0.2) is 77.7 Å². The van der Waals surface area contributed by atoms with E-state index in [0.29, 0.717) is 33.7 Å². The van der Waals surface area contributed by atoms with Gasteiger partial charge in [0, 0.05) is 12.1 Å². The number of ether oxygens (including phenoxy) is 2. The first-order valence-corrected chi connectivity index (χ1v) is 12.1. The molecule has 8 nitrogen and oxygen atoms in total. The van der Waals surface area contributed by atoms with E-state index in [4.69, 9.17) is 21.7 Å². The summed E-state index contributed by atoms with van der Waals surface area (Å²) in [5, 5.41) is 11.0. The van der Waals surface area contributed by atoms with E-state index in [1.165, 1.54) is 30.0 Å². The zero-order chi connectivity index (χ0) is 25.7. The monoisotopic (exact) mass is 520 g/mol. The minimum atomic E-state index is -0.755. The molecule has 4 rings (SSSR count). The number of thioether (sulfide) groups is 1. The Labute approximate surface area is 216 Å². The second kappa shape index (κ2) is 11.1. The van der Waals surface area contributed by atoms with Crippen LogP contribution in [0.1, 0.15) is 28.4 Å². The third-order valence-corrected chi connectivity index (χ3v) is 6.50. The molecule has 1 aliphatic heterocycles. The van der Waals surface area contributed by atoms with Crippen molar-refractivity contribution in [1.29, 1.82) is 0 Å². The second-order valence-corrected chi connectivity index (χ2v) is 9.27. The molecule has 1 aliphatic rings. The number of rotatable bonds is 8. The number of esters is 1. The lowest BCUT2D eigenvalue weighted by molar-refractivity contribution is -0.384. The normalized spacial score (nSPS) is 14.2. The van der Waals surface area contributed by atoms with Crippen molar-refractivity contribution in [3.63, 3.8) is 0 Å². The van der Waals surface area contributed by atoms with Gasteiger partial charge in [0.2, 0.25) is 0 Å². The van der Waals surface area contributed by atoms with Crippen LogP contribution in [0, 0.1) is 10.1 Å². The molecule has 3 aromatic rings. The molecule has 0 atom stereocenters. The fourth-order valence-electron chi connectivity index (χ4n) is 3.43. The summed E-state index contributed by atoms with van der Waals surface area (Å²) in [7, 11) is 0. The van der Waals surface area contributed by atoms with Crippen molar-refractivity contribution in [2.24, 2.45) is 0 Å². The number of carbonyl (C=O) groups is 2. The van der Waals surface area contributed by atoms with E-state index in [-0.39, 0.29) is 22.9 Å². The number of nitrogens with zero attached hydrogens (tertiary/aromatic N) is 2. The van der Waals surface area contributed by atoms with Crippen molar-refractivity contribution in [3.8, 4) is 11.5 Å². The fraction of sp³-hybridized carbons (Fsp3) is 0.115. The molecule has 10 heteroatoms. The van der Waals surface area contributed by atoms with Gasteiger partial charge in [-0.1, -0.05) is 66.4 Å². The summed E-state index contributed by atoms with van der Waals surface area (Å²) in [6, 6.07) is 19.8. The van der Waals surface area contributed by atoms with Crippen molar-refractivity contribution >= 4 is 51.9 Å². The molecule has 182 valence electrons. The predicted molar refractivity (Wildman–Crippen MR) is 141 cm³/mol. The smallest absolute Gasteiger partial charge is 0.343 e. The van der Waals surface area contributed by atoms with E-state index in [9.17, 15) is 19.7 Å².